The van der Waals surface area contributed by atoms with E-state index in [0.29, 0.717) is 51.8 Å². The summed E-state index contributed by atoms with van der Waals surface area (Å²) in [7, 11) is 1.56. The largest absolute Gasteiger partial charge is 0.496 e. The molecule has 2 heterocycles. The predicted molar refractivity (Wildman–Crippen MR) is 140 cm³/mol. The third-order valence-electron chi connectivity index (χ3n) is 7.32. The number of dihydropyridines is 1. The summed E-state index contributed by atoms with van der Waals surface area (Å²) in [5.74, 6) is -2.32. The Labute approximate surface area is 226 Å². The lowest BCUT2D eigenvalue weighted by molar-refractivity contribution is -0.152. The number of esters is 2. The van der Waals surface area contributed by atoms with Crippen molar-refractivity contribution in [2.45, 2.75) is 39.0 Å². The van der Waals surface area contributed by atoms with E-state index in [4.69, 9.17) is 23.7 Å². The zero-order valence-corrected chi connectivity index (χ0v) is 22.4. The molecule has 1 N–H and O–H groups in total. The molecule has 0 unspecified atom stereocenters. The smallest absolute Gasteiger partial charge is 0.336 e. The number of rotatable bonds is 7. The summed E-state index contributed by atoms with van der Waals surface area (Å²) in [5, 5.41) is 3.31. The number of ether oxygens (including phenoxy) is 5. The molecule has 2 aliphatic heterocycles. The zero-order chi connectivity index (χ0) is 27.7. The SMILES string of the molecule is CCOC(=O)C1=C(C)NC2=C(C(=O)[C@H](C(=O)OCC)[C@@H](c3ccccc3OC)C2)[C@H]1c1ccc2c(c1)OCO2. The van der Waals surface area contributed by atoms with Crippen molar-refractivity contribution in [1.29, 1.82) is 0 Å². The van der Waals surface area contributed by atoms with Crippen LogP contribution in [-0.2, 0) is 23.9 Å². The van der Waals surface area contributed by atoms with Gasteiger partial charge < -0.3 is 29.0 Å². The highest BCUT2D eigenvalue weighted by Crippen LogP contribution is 2.50. The van der Waals surface area contributed by atoms with E-state index in [2.05, 4.69) is 5.32 Å². The second kappa shape index (κ2) is 10.8. The zero-order valence-electron chi connectivity index (χ0n) is 22.4. The monoisotopic (exact) mass is 533 g/mol. The summed E-state index contributed by atoms with van der Waals surface area (Å²) in [6.45, 7) is 5.61. The van der Waals surface area contributed by atoms with Crippen molar-refractivity contribution >= 4 is 17.7 Å². The summed E-state index contributed by atoms with van der Waals surface area (Å²) < 4.78 is 27.5. The molecule has 0 aromatic heterocycles. The van der Waals surface area contributed by atoms with Crippen LogP contribution in [0.25, 0.3) is 0 Å². The van der Waals surface area contributed by atoms with Crippen molar-refractivity contribution in [3.8, 4) is 17.2 Å². The number of fused-ring (bicyclic) bond motifs is 1. The molecule has 1 aliphatic carbocycles. The molecule has 0 radical (unpaired) electrons. The van der Waals surface area contributed by atoms with Gasteiger partial charge in [0.15, 0.2) is 17.3 Å². The average Bonchev–Trinajstić information content (AvgIpc) is 3.40. The van der Waals surface area contributed by atoms with Gasteiger partial charge in [-0.2, -0.15) is 0 Å². The highest BCUT2D eigenvalue weighted by Gasteiger charge is 2.49. The van der Waals surface area contributed by atoms with E-state index in [1.165, 1.54) is 0 Å². The van der Waals surface area contributed by atoms with Crippen LogP contribution in [0.4, 0.5) is 0 Å². The lowest BCUT2D eigenvalue weighted by Crippen LogP contribution is -2.43. The van der Waals surface area contributed by atoms with E-state index >= 15 is 0 Å². The Balaban J connectivity index is 1.69. The van der Waals surface area contributed by atoms with E-state index in [1.807, 2.05) is 18.2 Å². The molecular weight excluding hydrogens is 502 g/mol. The summed E-state index contributed by atoms with van der Waals surface area (Å²) in [4.78, 5) is 41.1. The number of hydrogen-bond acceptors (Lipinski definition) is 9. The Morgan fingerprint density at radius 3 is 2.51 bits per heavy atom. The maximum Gasteiger partial charge on any atom is 0.336 e. The first-order valence-corrected chi connectivity index (χ1v) is 13.0. The van der Waals surface area contributed by atoms with E-state index in [-0.39, 0.29) is 20.0 Å². The number of ketones is 1. The Morgan fingerprint density at radius 1 is 1.03 bits per heavy atom. The summed E-state index contributed by atoms with van der Waals surface area (Å²) >= 11 is 0. The minimum absolute atomic E-state index is 0.0863. The van der Waals surface area contributed by atoms with Crippen LogP contribution >= 0.6 is 0 Å². The highest BCUT2D eigenvalue weighted by molar-refractivity contribution is 6.13. The van der Waals surface area contributed by atoms with Gasteiger partial charge in [-0.3, -0.25) is 9.59 Å². The van der Waals surface area contributed by atoms with Crippen molar-refractivity contribution < 1.29 is 38.1 Å². The molecule has 0 saturated heterocycles. The highest BCUT2D eigenvalue weighted by atomic mass is 16.7. The third-order valence-corrected chi connectivity index (χ3v) is 7.32. The first-order chi connectivity index (χ1) is 18.9. The van der Waals surface area contributed by atoms with Crippen LogP contribution in [0.5, 0.6) is 17.2 Å². The van der Waals surface area contributed by atoms with Crippen LogP contribution in [0.2, 0.25) is 0 Å². The number of carbonyl (C=O) groups is 3. The molecule has 2 aromatic carbocycles. The minimum Gasteiger partial charge on any atom is -0.496 e. The Kier molecular flexibility index (Phi) is 7.32. The second-order valence-corrected chi connectivity index (χ2v) is 9.47. The van der Waals surface area contributed by atoms with Gasteiger partial charge in [0.05, 0.1) is 25.9 Å². The van der Waals surface area contributed by atoms with Gasteiger partial charge in [-0.1, -0.05) is 24.3 Å². The number of methoxy groups -OCH3 is 1. The molecule has 3 aliphatic rings. The molecule has 2 aromatic rings. The van der Waals surface area contributed by atoms with Gasteiger partial charge >= 0.3 is 11.9 Å². The number of Topliss-reactive ketones (excluding diaryl/α,β-unsaturated/α-hetero) is 1. The van der Waals surface area contributed by atoms with Gasteiger partial charge in [-0.15, -0.1) is 0 Å². The number of hydrogen-bond donors (Lipinski definition) is 1. The number of para-hydroxylation sites is 1. The number of nitrogens with one attached hydrogen (secondary N) is 1. The summed E-state index contributed by atoms with van der Waals surface area (Å²) in [6.07, 6.45) is 0.333. The van der Waals surface area contributed by atoms with Crippen LogP contribution in [0.15, 0.2) is 65.0 Å². The molecule has 39 heavy (non-hydrogen) atoms. The van der Waals surface area contributed by atoms with Crippen molar-refractivity contribution in [2.24, 2.45) is 5.92 Å². The van der Waals surface area contributed by atoms with E-state index in [0.717, 1.165) is 5.56 Å². The Hall–Kier alpha value is -4.27. The topological polar surface area (TPSA) is 109 Å². The first kappa shape index (κ1) is 26.3. The molecule has 9 nitrogen and oxygen atoms in total. The quantitative estimate of drug-likeness (QED) is 0.415. The Bertz CT molecular complexity index is 1390. The van der Waals surface area contributed by atoms with Crippen LogP contribution in [-0.4, -0.2) is 44.8 Å². The van der Waals surface area contributed by atoms with Gasteiger partial charge in [0, 0.05) is 28.8 Å². The summed E-state index contributed by atoms with van der Waals surface area (Å²) in [6, 6.07) is 12.7. The summed E-state index contributed by atoms with van der Waals surface area (Å²) in [5.41, 5.74) is 3.26. The maximum atomic E-state index is 14.4. The fourth-order valence-electron chi connectivity index (χ4n) is 5.71. The van der Waals surface area contributed by atoms with Gasteiger partial charge in [-0.05, 0) is 56.5 Å². The third kappa shape index (κ3) is 4.62. The lowest BCUT2D eigenvalue weighted by Gasteiger charge is -2.39. The first-order valence-electron chi connectivity index (χ1n) is 13.0. The van der Waals surface area contributed by atoms with Gasteiger partial charge in [0.1, 0.15) is 11.7 Å². The van der Waals surface area contributed by atoms with Gasteiger partial charge in [0.2, 0.25) is 6.79 Å². The van der Waals surface area contributed by atoms with Crippen molar-refractivity contribution in [2.75, 3.05) is 27.1 Å². The molecule has 204 valence electrons. The Morgan fingerprint density at radius 2 is 1.77 bits per heavy atom. The number of allylic oxidation sites excluding steroid dienone is 3. The predicted octanol–water partition coefficient (Wildman–Crippen LogP) is 4.14. The molecule has 5 rings (SSSR count). The standard InChI is InChI=1S/C30H31NO8/c1-5-36-29(33)24-16(3)31-20-14-19(18-9-7-8-10-21(18)35-4)26(30(34)37-6-2)28(32)27(20)25(24)17-11-12-22-23(13-17)39-15-38-22/h7-13,19,25-26,31H,5-6,14-15H2,1-4H3/t19-,25+,26-/m1/s1. The minimum atomic E-state index is -1.12. The number of carbonyl (C=O) groups excluding carboxylic acids is 3. The van der Waals surface area contributed by atoms with Gasteiger partial charge in [0.25, 0.3) is 0 Å². The molecule has 0 bridgehead atoms. The fraction of sp³-hybridized carbons (Fsp3) is 0.367. The molecule has 0 saturated carbocycles. The molecule has 3 atom stereocenters. The van der Waals surface area contributed by atoms with Crippen molar-refractivity contribution in [3.05, 3.63) is 76.1 Å². The van der Waals surface area contributed by atoms with Crippen LogP contribution in [0, 0.1) is 5.92 Å². The maximum absolute atomic E-state index is 14.4. The van der Waals surface area contributed by atoms with Crippen molar-refractivity contribution in [3.63, 3.8) is 0 Å². The van der Waals surface area contributed by atoms with E-state index in [9.17, 15) is 14.4 Å². The normalized spacial score (nSPS) is 21.7. The molecule has 0 spiro atoms. The van der Waals surface area contributed by atoms with E-state index in [1.54, 1.807) is 52.1 Å². The second-order valence-electron chi connectivity index (χ2n) is 9.47. The van der Waals surface area contributed by atoms with Crippen molar-refractivity contribution in [1.82, 2.24) is 5.32 Å². The van der Waals surface area contributed by atoms with E-state index < -0.39 is 35.5 Å². The molecule has 0 fully saturated rings. The van der Waals surface area contributed by atoms with Crippen LogP contribution in [0.3, 0.4) is 0 Å². The molecule has 9 heteroatoms. The molecule has 0 amide bonds. The van der Waals surface area contributed by atoms with Gasteiger partial charge in [-0.25, -0.2) is 4.79 Å². The molecular formula is C30H31NO8. The van der Waals surface area contributed by atoms with Crippen LogP contribution in [0.1, 0.15) is 50.2 Å². The average molecular weight is 534 g/mol. The fourth-order valence-corrected chi connectivity index (χ4v) is 5.71. The lowest BCUT2D eigenvalue weighted by atomic mass is 9.67. The number of benzene rings is 2. The van der Waals surface area contributed by atoms with Crippen LogP contribution < -0.4 is 19.5 Å².